The van der Waals surface area contributed by atoms with E-state index < -0.39 is 0 Å². The Hall–Kier alpha value is -0.830. The zero-order valence-corrected chi connectivity index (χ0v) is 6.06. The van der Waals surface area contributed by atoms with Crippen LogP contribution in [0.3, 0.4) is 0 Å². The van der Waals surface area contributed by atoms with Crippen molar-refractivity contribution in [1.82, 2.24) is 0 Å². The highest BCUT2D eigenvalue weighted by molar-refractivity contribution is 5.88. The molecule has 1 heterocycles. The number of rotatable bonds is 1. The molecule has 1 rings (SSSR count). The zero-order valence-electron chi connectivity index (χ0n) is 6.06. The lowest BCUT2D eigenvalue weighted by molar-refractivity contribution is -0.615. The first kappa shape index (κ1) is 7.28. The quantitative estimate of drug-likeness (QED) is 0.335. The number of allylic oxidation sites excluding steroid dienone is 1. The Kier molecular flexibility index (Phi) is 2.45. The summed E-state index contributed by atoms with van der Waals surface area (Å²) in [6.45, 7) is 1.15. The van der Waals surface area contributed by atoms with Crippen LogP contribution in [-0.2, 0) is 0 Å². The lowest BCUT2D eigenvalue weighted by atomic mass is 10.1. The fourth-order valence-corrected chi connectivity index (χ4v) is 1.19. The second-order valence-corrected chi connectivity index (χ2v) is 2.62. The van der Waals surface area contributed by atoms with Crippen molar-refractivity contribution in [2.45, 2.75) is 19.3 Å². The van der Waals surface area contributed by atoms with Crippen LogP contribution in [-0.4, -0.2) is 12.4 Å². The molecule has 56 valence electrons. The van der Waals surface area contributed by atoms with Gasteiger partial charge in [-0.3, -0.25) is 5.41 Å². The molecule has 0 aromatic heterocycles. The molecule has 0 bridgehead atoms. The van der Waals surface area contributed by atoms with Gasteiger partial charge in [-0.2, -0.15) is 0 Å². The highest BCUT2D eigenvalue weighted by atomic mass is 14.9. The van der Waals surface area contributed by atoms with Crippen molar-refractivity contribution in [3.05, 3.63) is 11.8 Å². The normalized spacial score (nSPS) is 23.0. The van der Waals surface area contributed by atoms with E-state index in [1.807, 2.05) is 0 Å². The third-order valence-electron chi connectivity index (χ3n) is 1.67. The first-order valence-electron chi connectivity index (χ1n) is 3.67. The first-order chi connectivity index (χ1) is 4.79. The molecule has 0 radical (unpaired) electrons. The molecule has 0 aromatic rings. The SMILES string of the molecule is N=C(N)C=C1CCCC[NH2+]1. The van der Waals surface area contributed by atoms with E-state index in [1.165, 1.54) is 18.5 Å². The van der Waals surface area contributed by atoms with Gasteiger partial charge in [0.15, 0.2) is 0 Å². The molecule has 5 N–H and O–H groups in total. The van der Waals surface area contributed by atoms with Crippen molar-refractivity contribution in [2.75, 3.05) is 6.54 Å². The van der Waals surface area contributed by atoms with Gasteiger partial charge in [-0.25, -0.2) is 0 Å². The van der Waals surface area contributed by atoms with E-state index in [-0.39, 0.29) is 5.84 Å². The second kappa shape index (κ2) is 3.37. The Morgan fingerprint density at radius 2 is 2.40 bits per heavy atom. The maximum atomic E-state index is 7.01. The Labute approximate surface area is 60.8 Å². The van der Waals surface area contributed by atoms with E-state index in [0.29, 0.717) is 0 Å². The minimum atomic E-state index is 0.174. The number of quaternary nitrogens is 1. The molecular weight excluding hydrogens is 126 g/mol. The highest BCUT2D eigenvalue weighted by Crippen LogP contribution is 2.02. The summed E-state index contributed by atoms with van der Waals surface area (Å²) < 4.78 is 0. The van der Waals surface area contributed by atoms with Crippen LogP contribution >= 0.6 is 0 Å². The molecule has 3 heteroatoms. The number of hydrogen-bond donors (Lipinski definition) is 3. The number of nitrogens with one attached hydrogen (secondary N) is 1. The summed E-state index contributed by atoms with van der Waals surface area (Å²) in [5, 5.41) is 9.18. The van der Waals surface area contributed by atoms with Crippen LogP contribution in [0.15, 0.2) is 11.8 Å². The molecule has 0 aliphatic carbocycles. The average Bonchev–Trinajstić information content (AvgIpc) is 1.88. The molecule has 0 aromatic carbocycles. The second-order valence-electron chi connectivity index (χ2n) is 2.62. The van der Waals surface area contributed by atoms with Gasteiger partial charge in [0.25, 0.3) is 0 Å². The molecule has 0 atom stereocenters. The zero-order chi connectivity index (χ0) is 7.40. The highest BCUT2D eigenvalue weighted by Gasteiger charge is 2.07. The average molecular weight is 140 g/mol. The predicted octanol–water partition coefficient (Wildman–Crippen LogP) is -0.446. The van der Waals surface area contributed by atoms with Gasteiger partial charge in [-0.15, -0.1) is 0 Å². The van der Waals surface area contributed by atoms with Gasteiger partial charge in [-0.05, 0) is 12.8 Å². The minimum absolute atomic E-state index is 0.174. The first-order valence-corrected chi connectivity index (χ1v) is 3.67. The third kappa shape index (κ3) is 2.19. The summed E-state index contributed by atoms with van der Waals surface area (Å²) in [7, 11) is 0. The molecule has 0 unspecified atom stereocenters. The van der Waals surface area contributed by atoms with Gasteiger partial charge < -0.3 is 11.1 Å². The van der Waals surface area contributed by atoms with Crippen LogP contribution in [0.4, 0.5) is 0 Å². The summed E-state index contributed by atoms with van der Waals surface area (Å²) in [5.41, 5.74) is 6.45. The Morgan fingerprint density at radius 1 is 1.60 bits per heavy atom. The summed E-state index contributed by atoms with van der Waals surface area (Å²) in [4.78, 5) is 0. The van der Waals surface area contributed by atoms with E-state index in [0.717, 1.165) is 13.0 Å². The van der Waals surface area contributed by atoms with Crippen LogP contribution < -0.4 is 11.1 Å². The standard InChI is InChI=1S/C7H13N3/c8-7(9)5-6-3-1-2-4-10-6/h5,10H,1-4H2,(H3,8,9)/p+1. The monoisotopic (exact) mass is 140 g/mol. The molecule has 0 spiro atoms. The van der Waals surface area contributed by atoms with Crippen LogP contribution in [0.2, 0.25) is 0 Å². The minimum Gasteiger partial charge on any atom is -0.384 e. The maximum absolute atomic E-state index is 7.01. The van der Waals surface area contributed by atoms with Gasteiger partial charge in [0.1, 0.15) is 11.5 Å². The fourth-order valence-electron chi connectivity index (χ4n) is 1.19. The molecule has 3 nitrogen and oxygen atoms in total. The molecular formula is C7H14N3+. The van der Waals surface area contributed by atoms with Crippen molar-refractivity contribution in [3.8, 4) is 0 Å². The van der Waals surface area contributed by atoms with E-state index in [2.05, 4.69) is 5.32 Å². The summed E-state index contributed by atoms with van der Waals surface area (Å²) in [5.74, 6) is 0.174. The lowest BCUT2D eigenvalue weighted by Crippen LogP contribution is -2.83. The molecule has 1 aliphatic rings. The summed E-state index contributed by atoms with van der Waals surface area (Å²) in [6.07, 6.45) is 5.38. The summed E-state index contributed by atoms with van der Waals surface area (Å²) in [6, 6.07) is 0. The van der Waals surface area contributed by atoms with E-state index in [1.54, 1.807) is 6.08 Å². The van der Waals surface area contributed by atoms with Gasteiger partial charge in [0, 0.05) is 12.5 Å². The maximum Gasteiger partial charge on any atom is 0.120 e. The molecule has 1 aliphatic heterocycles. The third-order valence-corrected chi connectivity index (χ3v) is 1.67. The number of piperidine rings is 1. The van der Waals surface area contributed by atoms with Crippen molar-refractivity contribution < 1.29 is 5.32 Å². The van der Waals surface area contributed by atoms with E-state index in [9.17, 15) is 0 Å². The van der Waals surface area contributed by atoms with Crippen LogP contribution in [0, 0.1) is 5.41 Å². The molecule has 0 amide bonds. The number of nitrogens with two attached hydrogens (primary N) is 2. The van der Waals surface area contributed by atoms with Crippen LogP contribution in [0.25, 0.3) is 0 Å². The summed E-state index contributed by atoms with van der Waals surface area (Å²) >= 11 is 0. The van der Waals surface area contributed by atoms with E-state index >= 15 is 0 Å². The molecule has 1 fully saturated rings. The molecule has 0 saturated carbocycles. The largest absolute Gasteiger partial charge is 0.384 e. The number of hydrogen-bond acceptors (Lipinski definition) is 1. The van der Waals surface area contributed by atoms with Crippen LogP contribution in [0.5, 0.6) is 0 Å². The van der Waals surface area contributed by atoms with Gasteiger partial charge in [-0.1, -0.05) is 0 Å². The van der Waals surface area contributed by atoms with Crippen molar-refractivity contribution in [3.63, 3.8) is 0 Å². The topological polar surface area (TPSA) is 66.5 Å². The van der Waals surface area contributed by atoms with Gasteiger partial charge in [0.05, 0.1) is 6.54 Å². The predicted molar refractivity (Wildman–Crippen MR) is 40.6 cm³/mol. The van der Waals surface area contributed by atoms with E-state index in [4.69, 9.17) is 11.1 Å². The number of amidine groups is 1. The van der Waals surface area contributed by atoms with Gasteiger partial charge in [0.2, 0.25) is 0 Å². The van der Waals surface area contributed by atoms with Crippen molar-refractivity contribution >= 4 is 5.84 Å². The van der Waals surface area contributed by atoms with Gasteiger partial charge >= 0.3 is 0 Å². The Morgan fingerprint density at radius 3 is 2.90 bits per heavy atom. The van der Waals surface area contributed by atoms with Crippen molar-refractivity contribution in [2.24, 2.45) is 5.73 Å². The fraction of sp³-hybridized carbons (Fsp3) is 0.571. The molecule has 10 heavy (non-hydrogen) atoms. The lowest BCUT2D eigenvalue weighted by Gasteiger charge is -2.10. The Bertz CT molecular complexity index is 152. The van der Waals surface area contributed by atoms with Crippen LogP contribution in [0.1, 0.15) is 19.3 Å². The van der Waals surface area contributed by atoms with Crippen molar-refractivity contribution in [1.29, 1.82) is 5.41 Å². The molecule has 1 saturated heterocycles. The Balaban J connectivity index is 2.45. The smallest absolute Gasteiger partial charge is 0.120 e.